The van der Waals surface area contributed by atoms with Crippen LogP contribution in [0.25, 0.3) is 0 Å². The van der Waals surface area contributed by atoms with E-state index < -0.39 is 8.32 Å². The summed E-state index contributed by atoms with van der Waals surface area (Å²) in [6.45, 7) is 12.5. The van der Waals surface area contributed by atoms with Gasteiger partial charge in [0.15, 0.2) is 8.32 Å². The number of aryl methyl sites for hydroxylation is 1. The smallest absolute Gasteiger partial charge is 0.191 e. The highest BCUT2D eigenvalue weighted by Crippen LogP contribution is 2.36. The Morgan fingerprint density at radius 1 is 1.05 bits per heavy atom. The van der Waals surface area contributed by atoms with E-state index in [1.165, 1.54) is 31.4 Å². The number of rotatable bonds is 8. The Hall–Kier alpha value is -0.673. The Kier molecular flexibility index (Phi) is 6.90. The minimum Gasteiger partial charge on any atom is -0.417 e. The molecule has 0 N–H and O–H groups in total. The van der Waals surface area contributed by atoms with E-state index in [2.05, 4.69) is 51.0 Å². The lowest BCUT2D eigenvalue weighted by molar-refractivity contribution is 0.277. The lowest BCUT2D eigenvalue weighted by Gasteiger charge is -2.36. The molecule has 1 rings (SSSR count). The predicted molar refractivity (Wildman–Crippen MR) is 89.6 cm³/mol. The average molecular weight is 294 g/mol. The first-order valence-corrected chi connectivity index (χ1v) is 10.8. The van der Waals surface area contributed by atoms with Crippen LogP contribution in [0.2, 0.25) is 18.1 Å². The van der Waals surface area contributed by atoms with Crippen molar-refractivity contribution in [2.75, 3.05) is 6.61 Å². The Bertz CT molecular complexity index is 370. The molecule has 0 aliphatic carbocycles. The average Bonchev–Trinajstić information content (AvgIpc) is 2.37. The SMILES string of the molecule is CC(C)(C)[Si](C)(C)OCCCCCCc1ccccn1. The minimum atomic E-state index is -1.54. The van der Waals surface area contributed by atoms with Crippen molar-refractivity contribution in [1.29, 1.82) is 0 Å². The van der Waals surface area contributed by atoms with Crippen molar-refractivity contribution in [2.24, 2.45) is 0 Å². The fraction of sp³-hybridized carbons (Fsp3) is 0.706. The first kappa shape index (κ1) is 17.4. The molecular weight excluding hydrogens is 262 g/mol. The Morgan fingerprint density at radius 3 is 2.35 bits per heavy atom. The van der Waals surface area contributed by atoms with Crippen LogP contribution in [0, 0.1) is 0 Å². The number of unbranched alkanes of at least 4 members (excludes halogenated alkanes) is 3. The molecule has 0 radical (unpaired) electrons. The zero-order chi connectivity index (χ0) is 15.1. The normalized spacial score (nSPS) is 12.7. The third kappa shape index (κ3) is 6.19. The number of hydrogen-bond acceptors (Lipinski definition) is 2. The van der Waals surface area contributed by atoms with E-state index in [9.17, 15) is 0 Å². The summed E-state index contributed by atoms with van der Waals surface area (Å²) in [5, 5.41) is 0.325. The summed E-state index contributed by atoms with van der Waals surface area (Å²) in [7, 11) is -1.54. The van der Waals surface area contributed by atoms with Gasteiger partial charge < -0.3 is 4.43 Å². The molecule has 0 aliphatic heterocycles. The van der Waals surface area contributed by atoms with E-state index in [1.54, 1.807) is 0 Å². The predicted octanol–water partition coefficient (Wildman–Crippen LogP) is 5.21. The summed E-state index contributed by atoms with van der Waals surface area (Å²) in [6.07, 6.45) is 7.94. The molecule has 0 saturated carbocycles. The first-order chi connectivity index (χ1) is 9.33. The van der Waals surface area contributed by atoms with Gasteiger partial charge in [0.1, 0.15) is 0 Å². The van der Waals surface area contributed by atoms with Crippen molar-refractivity contribution >= 4 is 8.32 Å². The van der Waals surface area contributed by atoms with Crippen LogP contribution < -0.4 is 0 Å². The molecule has 0 unspecified atom stereocenters. The van der Waals surface area contributed by atoms with E-state index in [0.717, 1.165) is 13.0 Å². The second-order valence-electron chi connectivity index (χ2n) is 7.09. The Balaban J connectivity index is 2.06. The summed E-state index contributed by atoms with van der Waals surface area (Å²) in [5.41, 5.74) is 1.21. The minimum absolute atomic E-state index is 0.325. The van der Waals surface area contributed by atoms with E-state index in [0.29, 0.717) is 5.04 Å². The van der Waals surface area contributed by atoms with Gasteiger partial charge in [-0.25, -0.2) is 0 Å². The van der Waals surface area contributed by atoms with Gasteiger partial charge in [-0.3, -0.25) is 4.98 Å². The maximum atomic E-state index is 6.19. The highest BCUT2D eigenvalue weighted by Gasteiger charge is 2.36. The van der Waals surface area contributed by atoms with Crippen molar-refractivity contribution in [1.82, 2.24) is 4.98 Å². The van der Waals surface area contributed by atoms with Gasteiger partial charge in [0.05, 0.1) is 0 Å². The fourth-order valence-corrected chi connectivity index (χ4v) is 2.94. The van der Waals surface area contributed by atoms with Gasteiger partial charge in [-0.2, -0.15) is 0 Å². The molecule has 0 atom stereocenters. The summed E-state index contributed by atoms with van der Waals surface area (Å²) in [5.74, 6) is 0. The van der Waals surface area contributed by atoms with Crippen LogP contribution in [-0.2, 0) is 10.8 Å². The molecule has 2 nitrogen and oxygen atoms in total. The largest absolute Gasteiger partial charge is 0.417 e. The van der Waals surface area contributed by atoms with E-state index in [-0.39, 0.29) is 0 Å². The van der Waals surface area contributed by atoms with Crippen LogP contribution in [0.4, 0.5) is 0 Å². The second-order valence-corrected chi connectivity index (χ2v) is 11.9. The standard InChI is InChI=1S/C17H31NOSi/c1-17(2,3)20(4,5)19-15-11-7-6-8-12-16-13-9-10-14-18-16/h9-10,13-14H,6-8,11-12,15H2,1-5H3. The first-order valence-electron chi connectivity index (χ1n) is 7.87. The van der Waals surface area contributed by atoms with E-state index in [1.807, 2.05) is 12.3 Å². The molecule has 1 aromatic rings. The van der Waals surface area contributed by atoms with Crippen molar-refractivity contribution in [3.8, 4) is 0 Å². The molecule has 3 heteroatoms. The van der Waals surface area contributed by atoms with Crippen molar-refractivity contribution in [3.05, 3.63) is 30.1 Å². The van der Waals surface area contributed by atoms with Crippen LogP contribution in [0.15, 0.2) is 24.4 Å². The molecule has 0 saturated heterocycles. The van der Waals surface area contributed by atoms with Crippen LogP contribution >= 0.6 is 0 Å². The molecule has 0 bridgehead atoms. The maximum Gasteiger partial charge on any atom is 0.191 e. The molecule has 20 heavy (non-hydrogen) atoms. The van der Waals surface area contributed by atoms with Gasteiger partial charge in [0.25, 0.3) is 0 Å². The molecule has 1 heterocycles. The molecular formula is C17H31NOSi. The number of aromatic nitrogens is 1. The number of pyridine rings is 1. The van der Waals surface area contributed by atoms with Gasteiger partial charge in [-0.05, 0) is 49.5 Å². The van der Waals surface area contributed by atoms with Gasteiger partial charge in [0, 0.05) is 18.5 Å². The zero-order valence-electron chi connectivity index (χ0n) is 13.9. The van der Waals surface area contributed by atoms with Crippen molar-refractivity contribution in [2.45, 2.75) is 71.0 Å². The molecule has 0 amide bonds. The quantitative estimate of drug-likeness (QED) is 0.485. The van der Waals surface area contributed by atoms with Gasteiger partial charge in [-0.15, -0.1) is 0 Å². The number of hydrogen-bond donors (Lipinski definition) is 0. The fourth-order valence-electron chi connectivity index (χ4n) is 1.85. The van der Waals surface area contributed by atoms with Crippen molar-refractivity contribution in [3.63, 3.8) is 0 Å². The summed E-state index contributed by atoms with van der Waals surface area (Å²) >= 11 is 0. The van der Waals surface area contributed by atoms with Crippen LogP contribution in [-0.4, -0.2) is 19.9 Å². The van der Waals surface area contributed by atoms with E-state index in [4.69, 9.17) is 4.43 Å². The van der Waals surface area contributed by atoms with Crippen LogP contribution in [0.5, 0.6) is 0 Å². The molecule has 114 valence electrons. The zero-order valence-corrected chi connectivity index (χ0v) is 14.9. The molecule has 0 aromatic carbocycles. The Morgan fingerprint density at radius 2 is 1.75 bits per heavy atom. The molecule has 0 spiro atoms. The molecule has 0 fully saturated rings. The van der Waals surface area contributed by atoms with Gasteiger partial charge in [-0.1, -0.05) is 39.7 Å². The van der Waals surface area contributed by atoms with Gasteiger partial charge >= 0.3 is 0 Å². The Labute approximate surface area is 126 Å². The summed E-state index contributed by atoms with van der Waals surface area (Å²) in [6, 6.07) is 6.15. The molecule has 1 aromatic heterocycles. The topological polar surface area (TPSA) is 22.1 Å². The van der Waals surface area contributed by atoms with Crippen LogP contribution in [0.3, 0.4) is 0 Å². The second kappa shape index (κ2) is 7.94. The highest BCUT2D eigenvalue weighted by atomic mass is 28.4. The van der Waals surface area contributed by atoms with Crippen molar-refractivity contribution < 1.29 is 4.43 Å². The third-order valence-electron chi connectivity index (χ3n) is 4.32. The maximum absolute atomic E-state index is 6.19. The van der Waals surface area contributed by atoms with E-state index >= 15 is 0 Å². The third-order valence-corrected chi connectivity index (χ3v) is 8.86. The highest BCUT2D eigenvalue weighted by molar-refractivity contribution is 6.74. The van der Waals surface area contributed by atoms with Crippen LogP contribution in [0.1, 0.15) is 52.1 Å². The van der Waals surface area contributed by atoms with Gasteiger partial charge in [0.2, 0.25) is 0 Å². The lowest BCUT2D eigenvalue weighted by atomic mass is 10.1. The summed E-state index contributed by atoms with van der Waals surface area (Å²) < 4.78 is 6.19. The number of nitrogens with zero attached hydrogens (tertiary/aromatic N) is 1. The lowest BCUT2D eigenvalue weighted by Crippen LogP contribution is -2.40. The summed E-state index contributed by atoms with van der Waals surface area (Å²) in [4.78, 5) is 4.35. The monoisotopic (exact) mass is 293 g/mol. The molecule has 0 aliphatic rings.